The number of sulfonamides is 1. The van der Waals surface area contributed by atoms with Gasteiger partial charge in [-0.3, -0.25) is 10.4 Å². The summed E-state index contributed by atoms with van der Waals surface area (Å²) in [5.41, 5.74) is 6.67. The molecule has 0 saturated heterocycles. The Hall–Kier alpha value is -4.15. The molecule has 10 heteroatoms. The van der Waals surface area contributed by atoms with Crippen LogP contribution >= 0.6 is 0 Å². The van der Waals surface area contributed by atoms with Crippen molar-refractivity contribution in [2.24, 2.45) is 5.10 Å². The van der Waals surface area contributed by atoms with Crippen molar-refractivity contribution in [2.45, 2.75) is 11.8 Å². The number of aromatic nitrogens is 3. The number of hydrazone groups is 1. The smallest absolute Gasteiger partial charge is 0.240 e. The maximum absolute atomic E-state index is 11.9. The van der Waals surface area contributed by atoms with Gasteiger partial charge < -0.3 is 5.32 Å². The normalized spacial score (nSPS) is 11.8. The summed E-state index contributed by atoms with van der Waals surface area (Å²) in [5, 5.41) is 7.64. The van der Waals surface area contributed by atoms with Crippen molar-refractivity contribution in [2.75, 3.05) is 17.8 Å². The lowest BCUT2D eigenvalue weighted by molar-refractivity contribution is 0.588. The van der Waals surface area contributed by atoms with E-state index in [4.69, 9.17) is 0 Å². The molecule has 0 saturated carbocycles. The van der Waals surface area contributed by atoms with Crippen LogP contribution in [0.3, 0.4) is 0 Å². The highest BCUT2D eigenvalue weighted by Crippen LogP contribution is 2.26. The Morgan fingerprint density at radius 3 is 2.32 bits per heavy atom. The van der Waals surface area contributed by atoms with Crippen LogP contribution in [0.2, 0.25) is 0 Å². The van der Waals surface area contributed by atoms with E-state index in [2.05, 4.69) is 35.5 Å². The van der Waals surface area contributed by atoms with Crippen molar-refractivity contribution < 1.29 is 8.42 Å². The molecule has 9 nitrogen and oxygen atoms in total. The average Bonchev–Trinajstić information content (AvgIpc) is 2.88. The van der Waals surface area contributed by atoms with Gasteiger partial charge in [-0.25, -0.2) is 18.1 Å². The van der Waals surface area contributed by atoms with Crippen LogP contribution in [0.15, 0.2) is 95.2 Å². The van der Waals surface area contributed by atoms with Crippen molar-refractivity contribution >= 4 is 33.2 Å². The van der Waals surface area contributed by atoms with Crippen LogP contribution < -0.4 is 15.5 Å². The zero-order valence-corrected chi connectivity index (χ0v) is 19.4. The van der Waals surface area contributed by atoms with Crippen molar-refractivity contribution in [1.82, 2.24) is 19.7 Å². The summed E-state index contributed by atoms with van der Waals surface area (Å²) in [6, 6.07) is 21.7. The van der Waals surface area contributed by atoms with Crippen molar-refractivity contribution in [3.63, 3.8) is 0 Å². The van der Waals surface area contributed by atoms with Gasteiger partial charge in [0.2, 0.25) is 16.0 Å². The third-order valence-corrected chi connectivity index (χ3v) is 6.37. The second-order valence-electron chi connectivity index (χ2n) is 7.20. The molecular weight excluding hydrogens is 450 g/mol. The number of benzene rings is 2. The minimum Gasteiger partial charge on any atom is -0.324 e. The molecule has 2 heterocycles. The van der Waals surface area contributed by atoms with Gasteiger partial charge in [0, 0.05) is 18.1 Å². The molecular formula is C24H23N7O2S. The van der Waals surface area contributed by atoms with Crippen LogP contribution in [0.4, 0.5) is 17.5 Å². The number of nitrogens with one attached hydrogen (secondary N) is 3. The number of hydrogen-bond acceptors (Lipinski definition) is 8. The Labute approximate surface area is 198 Å². The topological polar surface area (TPSA) is 121 Å². The van der Waals surface area contributed by atoms with Crippen LogP contribution in [-0.4, -0.2) is 36.1 Å². The second kappa shape index (κ2) is 10.2. The largest absolute Gasteiger partial charge is 0.324 e. The third kappa shape index (κ3) is 5.42. The van der Waals surface area contributed by atoms with Gasteiger partial charge in [-0.05, 0) is 55.9 Å². The second-order valence-corrected chi connectivity index (χ2v) is 9.09. The fourth-order valence-corrected chi connectivity index (χ4v) is 3.81. The standard InChI is InChI=1S/C24H23N7O2S/c1-17(18-11-13-20(14-12-18)34(32,33)25-2)30-31-23-21(22-10-6-7-15-26-22)16-27-24(29-23)28-19-8-4-3-5-9-19/h3-16,25H,1-2H3,(H2,27,28,29,31). The summed E-state index contributed by atoms with van der Waals surface area (Å²) in [7, 11) is -2.12. The fraction of sp³-hybridized carbons (Fsp3) is 0.0833. The molecule has 0 bridgehead atoms. The number of rotatable bonds is 8. The molecule has 0 amide bonds. The summed E-state index contributed by atoms with van der Waals surface area (Å²) >= 11 is 0. The summed E-state index contributed by atoms with van der Waals surface area (Å²) < 4.78 is 26.2. The van der Waals surface area contributed by atoms with Crippen LogP contribution in [0.5, 0.6) is 0 Å². The maximum atomic E-state index is 11.9. The van der Waals surface area contributed by atoms with Crippen LogP contribution in [0, 0.1) is 0 Å². The minimum atomic E-state index is -3.50. The molecule has 0 fully saturated rings. The monoisotopic (exact) mass is 473 g/mol. The van der Waals surface area contributed by atoms with E-state index in [1.807, 2.05) is 55.5 Å². The van der Waals surface area contributed by atoms with E-state index in [9.17, 15) is 8.42 Å². The summed E-state index contributed by atoms with van der Waals surface area (Å²) in [5.74, 6) is 0.878. The van der Waals surface area contributed by atoms with E-state index in [1.165, 1.54) is 19.2 Å². The van der Waals surface area contributed by atoms with Gasteiger partial charge in [-0.2, -0.15) is 10.1 Å². The Morgan fingerprint density at radius 2 is 1.65 bits per heavy atom. The van der Waals surface area contributed by atoms with E-state index in [-0.39, 0.29) is 4.90 Å². The highest BCUT2D eigenvalue weighted by Gasteiger charge is 2.13. The van der Waals surface area contributed by atoms with Gasteiger partial charge >= 0.3 is 0 Å². The van der Waals surface area contributed by atoms with Gasteiger partial charge in [0.15, 0.2) is 5.82 Å². The molecule has 0 spiro atoms. The summed E-state index contributed by atoms with van der Waals surface area (Å²) in [6.07, 6.45) is 3.38. The number of nitrogens with zero attached hydrogens (tertiary/aromatic N) is 4. The predicted molar refractivity (Wildman–Crippen MR) is 134 cm³/mol. The zero-order valence-electron chi connectivity index (χ0n) is 18.6. The molecule has 34 heavy (non-hydrogen) atoms. The van der Waals surface area contributed by atoms with Gasteiger partial charge in [0.05, 0.1) is 21.9 Å². The molecule has 0 atom stereocenters. The SMILES string of the molecule is CNS(=O)(=O)c1ccc(C(C)=NNc2nc(Nc3ccccc3)ncc2-c2ccccn2)cc1. The van der Waals surface area contributed by atoms with E-state index in [0.717, 1.165) is 11.3 Å². The third-order valence-electron chi connectivity index (χ3n) is 4.94. The molecule has 0 unspecified atom stereocenters. The lowest BCUT2D eigenvalue weighted by Gasteiger charge is -2.11. The Morgan fingerprint density at radius 1 is 0.912 bits per heavy atom. The van der Waals surface area contributed by atoms with Gasteiger partial charge in [-0.15, -0.1) is 0 Å². The first-order chi connectivity index (χ1) is 16.5. The van der Waals surface area contributed by atoms with E-state index in [0.29, 0.717) is 28.7 Å². The molecule has 2 aromatic heterocycles. The molecule has 0 radical (unpaired) electrons. The Bertz CT molecular complexity index is 1390. The van der Waals surface area contributed by atoms with E-state index in [1.54, 1.807) is 24.5 Å². The molecule has 172 valence electrons. The molecule has 2 aromatic carbocycles. The lowest BCUT2D eigenvalue weighted by Crippen LogP contribution is -2.18. The molecule has 3 N–H and O–H groups in total. The predicted octanol–water partition coefficient (Wildman–Crippen LogP) is 4.03. The van der Waals surface area contributed by atoms with Crippen LogP contribution in [0.1, 0.15) is 12.5 Å². The maximum Gasteiger partial charge on any atom is 0.240 e. The molecule has 4 aromatic rings. The molecule has 0 aliphatic carbocycles. The summed E-state index contributed by atoms with van der Waals surface area (Å²) in [4.78, 5) is 13.6. The number of hydrogen-bond donors (Lipinski definition) is 3. The molecule has 0 aliphatic rings. The van der Waals surface area contributed by atoms with Gasteiger partial charge in [-0.1, -0.05) is 36.4 Å². The fourth-order valence-electron chi connectivity index (χ4n) is 3.08. The van der Waals surface area contributed by atoms with Crippen molar-refractivity contribution in [3.05, 3.63) is 90.8 Å². The first-order valence-electron chi connectivity index (χ1n) is 10.4. The minimum absolute atomic E-state index is 0.185. The quantitative estimate of drug-likeness (QED) is 0.261. The first-order valence-corrected chi connectivity index (χ1v) is 11.9. The van der Waals surface area contributed by atoms with Crippen molar-refractivity contribution in [3.8, 4) is 11.3 Å². The Kier molecular flexibility index (Phi) is 6.90. The number of pyridine rings is 1. The number of para-hydroxylation sites is 1. The van der Waals surface area contributed by atoms with Crippen molar-refractivity contribution in [1.29, 1.82) is 0 Å². The average molecular weight is 474 g/mol. The lowest BCUT2D eigenvalue weighted by atomic mass is 10.1. The number of anilines is 3. The summed E-state index contributed by atoms with van der Waals surface area (Å²) in [6.45, 7) is 1.82. The van der Waals surface area contributed by atoms with Crippen LogP contribution in [-0.2, 0) is 10.0 Å². The van der Waals surface area contributed by atoms with E-state index < -0.39 is 10.0 Å². The van der Waals surface area contributed by atoms with Gasteiger partial charge in [0.25, 0.3) is 0 Å². The molecule has 4 rings (SSSR count). The highest BCUT2D eigenvalue weighted by atomic mass is 32.2. The van der Waals surface area contributed by atoms with E-state index >= 15 is 0 Å². The van der Waals surface area contributed by atoms with Crippen LogP contribution in [0.25, 0.3) is 11.3 Å². The highest BCUT2D eigenvalue weighted by molar-refractivity contribution is 7.89. The zero-order chi connectivity index (χ0) is 24.0. The first kappa shape index (κ1) is 23.0. The van der Waals surface area contributed by atoms with Gasteiger partial charge in [0.1, 0.15) is 0 Å². The Balaban J connectivity index is 1.63. The molecule has 0 aliphatic heterocycles.